The molecule has 1 unspecified atom stereocenters. The second-order valence-corrected chi connectivity index (χ2v) is 4.24. The molecule has 2 rings (SSSR count). The van der Waals surface area contributed by atoms with E-state index in [0.29, 0.717) is 0 Å². The van der Waals surface area contributed by atoms with Gasteiger partial charge < -0.3 is 10.5 Å². The van der Waals surface area contributed by atoms with Gasteiger partial charge in [0.1, 0.15) is 11.9 Å². The first-order chi connectivity index (χ1) is 12.1. The zero-order valence-electron chi connectivity index (χ0n) is 15.9. The molecular weight excluding hydrogens is 279 g/mol. The van der Waals surface area contributed by atoms with Gasteiger partial charge in [0, 0.05) is 6.42 Å². The Balaban J connectivity index is 2.42. The molecule has 0 saturated heterocycles. The monoisotopic (exact) mass is 300 g/mol. The lowest BCUT2D eigenvalue weighted by molar-refractivity contribution is -0.137. The third-order valence-corrected chi connectivity index (χ3v) is 2.73. The molecule has 21 heavy (non-hydrogen) atoms. The van der Waals surface area contributed by atoms with E-state index in [1.807, 2.05) is 0 Å². The van der Waals surface area contributed by atoms with Gasteiger partial charge in [-0.2, -0.15) is 13.2 Å². The topological polar surface area (TPSA) is 35.2 Å². The van der Waals surface area contributed by atoms with Gasteiger partial charge >= 0.3 is 6.18 Å². The number of nitrogens with two attached hydrogens (primary N) is 1. The van der Waals surface area contributed by atoms with Crippen LogP contribution in [-0.4, -0.2) is 6.54 Å². The maximum Gasteiger partial charge on any atom is 0.416 e. The second kappa shape index (κ2) is 6.63. The van der Waals surface area contributed by atoms with Crippen molar-refractivity contribution < 1.29 is 24.8 Å². The van der Waals surface area contributed by atoms with Crippen LogP contribution in [0.15, 0.2) is 54.5 Å². The van der Waals surface area contributed by atoms with Gasteiger partial charge in [-0.25, -0.2) is 0 Å². The number of halogens is 3. The van der Waals surface area contributed by atoms with Gasteiger partial charge in [0.2, 0.25) is 0 Å². The Bertz CT molecular complexity index is 767. The van der Waals surface area contributed by atoms with E-state index in [-0.39, 0.29) is 24.3 Å². The maximum atomic E-state index is 12.6. The van der Waals surface area contributed by atoms with E-state index >= 15 is 0 Å². The van der Waals surface area contributed by atoms with Gasteiger partial charge in [-0.3, -0.25) is 0 Å². The minimum Gasteiger partial charge on any atom is -0.486 e. The van der Waals surface area contributed by atoms with E-state index in [1.54, 1.807) is 0 Å². The lowest BCUT2D eigenvalue weighted by atomic mass is 10.1. The third kappa shape index (κ3) is 4.23. The number of ether oxygens (including phenoxy) is 1. The molecular formula is C16H16F3NO. The van der Waals surface area contributed by atoms with E-state index < -0.39 is 48.1 Å². The van der Waals surface area contributed by atoms with E-state index in [2.05, 4.69) is 0 Å². The molecule has 0 saturated carbocycles. The molecule has 0 heterocycles. The van der Waals surface area contributed by atoms with Crippen LogP contribution in [0.5, 0.6) is 5.75 Å². The van der Waals surface area contributed by atoms with Crippen LogP contribution < -0.4 is 10.5 Å². The third-order valence-electron chi connectivity index (χ3n) is 2.73. The Labute approximate surface area is 128 Å². The molecule has 0 aliphatic rings. The highest BCUT2D eigenvalue weighted by Gasteiger charge is 2.30. The molecule has 2 aromatic carbocycles. The summed E-state index contributed by atoms with van der Waals surface area (Å²) < 4.78 is 82.5. The Hall–Kier alpha value is -2.01. The van der Waals surface area contributed by atoms with Crippen LogP contribution in [0.25, 0.3) is 0 Å². The van der Waals surface area contributed by atoms with Gasteiger partial charge in [-0.15, -0.1) is 0 Å². The molecule has 2 nitrogen and oxygen atoms in total. The SMILES string of the molecule is [2H]c1c([2H])c([2H])c(C(CCN)Oc2ccc(C(F)(F)F)cc2)c([2H])c1[2H]. The number of benzene rings is 2. The summed E-state index contributed by atoms with van der Waals surface area (Å²) in [6.45, 7) is 0.0907. The fourth-order valence-corrected chi connectivity index (χ4v) is 1.72. The first-order valence-electron chi connectivity index (χ1n) is 8.68. The average molecular weight is 300 g/mol. The van der Waals surface area contributed by atoms with Crippen molar-refractivity contribution >= 4 is 0 Å². The summed E-state index contributed by atoms with van der Waals surface area (Å²) in [5.74, 6) is 0.0725. The molecule has 0 radical (unpaired) electrons. The summed E-state index contributed by atoms with van der Waals surface area (Å²) in [5, 5.41) is 0. The summed E-state index contributed by atoms with van der Waals surface area (Å²) >= 11 is 0. The smallest absolute Gasteiger partial charge is 0.416 e. The Morgan fingerprint density at radius 2 is 1.71 bits per heavy atom. The molecule has 0 aliphatic heterocycles. The standard InChI is InChI=1S/C16H16F3NO/c17-16(18,19)13-6-8-14(9-7-13)21-15(10-11-20)12-4-2-1-3-5-12/h1-9,15H,10-11,20H2/i1D,2D,3D,4D,5D. The van der Waals surface area contributed by atoms with Crippen molar-refractivity contribution in [2.75, 3.05) is 6.54 Å². The van der Waals surface area contributed by atoms with E-state index in [9.17, 15) is 13.2 Å². The zero-order chi connectivity index (χ0) is 19.6. The summed E-state index contributed by atoms with van der Waals surface area (Å²) in [4.78, 5) is 0. The highest BCUT2D eigenvalue weighted by Crippen LogP contribution is 2.31. The highest BCUT2D eigenvalue weighted by molar-refractivity contribution is 5.30. The van der Waals surface area contributed by atoms with Crippen molar-refractivity contribution in [2.45, 2.75) is 18.7 Å². The molecule has 0 amide bonds. The molecule has 0 aromatic heterocycles. The Kier molecular flexibility index (Phi) is 3.11. The number of hydrogen-bond acceptors (Lipinski definition) is 2. The van der Waals surface area contributed by atoms with Gasteiger partial charge in [-0.05, 0) is 36.4 Å². The van der Waals surface area contributed by atoms with Gasteiger partial charge in [0.15, 0.2) is 0 Å². The van der Waals surface area contributed by atoms with Gasteiger partial charge in [0.25, 0.3) is 0 Å². The minimum atomic E-state index is -4.48. The van der Waals surface area contributed by atoms with Crippen LogP contribution in [0.4, 0.5) is 13.2 Å². The van der Waals surface area contributed by atoms with Crippen molar-refractivity contribution in [3.8, 4) is 5.75 Å². The number of hydrogen-bond donors (Lipinski definition) is 1. The lowest BCUT2D eigenvalue weighted by Crippen LogP contribution is -2.13. The number of rotatable bonds is 5. The minimum absolute atomic E-state index is 0.0725. The Morgan fingerprint density at radius 3 is 2.24 bits per heavy atom. The maximum absolute atomic E-state index is 12.6. The van der Waals surface area contributed by atoms with Crippen molar-refractivity contribution in [3.05, 3.63) is 65.6 Å². The van der Waals surface area contributed by atoms with E-state index in [0.717, 1.165) is 24.3 Å². The lowest BCUT2D eigenvalue weighted by Gasteiger charge is -2.19. The van der Waals surface area contributed by atoms with E-state index in [4.69, 9.17) is 17.3 Å². The number of alkyl halides is 3. The van der Waals surface area contributed by atoms with Crippen LogP contribution in [0.3, 0.4) is 0 Å². The van der Waals surface area contributed by atoms with Crippen molar-refractivity contribution in [1.29, 1.82) is 0 Å². The average Bonchev–Trinajstić information content (AvgIpc) is 2.58. The molecule has 0 fully saturated rings. The molecule has 1 atom stereocenters. The Morgan fingerprint density at radius 1 is 1.10 bits per heavy atom. The van der Waals surface area contributed by atoms with Crippen LogP contribution in [0, 0.1) is 0 Å². The summed E-state index contributed by atoms with van der Waals surface area (Å²) in [6, 6.07) is 1.49. The summed E-state index contributed by atoms with van der Waals surface area (Å²) in [6.07, 6.45) is -5.36. The molecule has 2 N–H and O–H groups in total. The molecule has 5 heteroatoms. The van der Waals surface area contributed by atoms with E-state index in [1.165, 1.54) is 0 Å². The second-order valence-electron chi connectivity index (χ2n) is 4.24. The van der Waals surface area contributed by atoms with Crippen LogP contribution in [0.2, 0.25) is 0 Å². The normalized spacial score (nSPS) is 16.3. The highest BCUT2D eigenvalue weighted by atomic mass is 19.4. The first-order valence-corrected chi connectivity index (χ1v) is 6.18. The van der Waals surface area contributed by atoms with Crippen molar-refractivity contribution in [1.82, 2.24) is 0 Å². The largest absolute Gasteiger partial charge is 0.486 e. The molecule has 2 aromatic rings. The van der Waals surface area contributed by atoms with Crippen LogP contribution in [-0.2, 0) is 6.18 Å². The quantitative estimate of drug-likeness (QED) is 0.899. The fraction of sp³-hybridized carbons (Fsp3) is 0.250. The predicted molar refractivity (Wildman–Crippen MR) is 74.9 cm³/mol. The van der Waals surface area contributed by atoms with Crippen LogP contribution >= 0.6 is 0 Å². The predicted octanol–water partition coefficient (Wildman–Crippen LogP) is 4.17. The van der Waals surface area contributed by atoms with Crippen molar-refractivity contribution in [3.63, 3.8) is 0 Å². The molecule has 0 aliphatic carbocycles. The zero-order valence-corrected chi connectivity index (χ0v) is 10.9. The summed E-state index contributed by atoms with van der Waals surface area (Å²) in [5.41, 5.74) is 4.60. The molecule has 0 spiro atoms. The van der Waals surface area contributed by atoms with Gasteiger partial charge in [-0.1, -0.05) is 30.2 Å². The van der Waals surface area contributed by atoms with Gasteiger partial charge in [0.05, 0.1) is 12.4 Å². The van der Waals surface area contributed by atoms with Crippen LogP contribution in [0.1, 0.15) is 30.5 Å². The fourth-order valence-electron chi connectivity index (χ4n) is 1.72. The first kappa shape index (κ1) is 9.84. The van der Waals surface area contributed by atoms with Crippen molar-refractivity contribution in [2.24, 2.45) is 5.73 Å². The molecule has 112 valence electrons. The molecule has 0 bridgehead atoms. The summed E-state index contributed by atoms with van der Waals surface area (Å²) in [7, 11) is 0.